The number of nitrogens with one attached hydrogen (secondary N) is 1. The molecule has 0 aliphatic rings. The minimum Gasteiger partial charge on any atom is -0.397 e. The lowest BCUT2D eigenvalue weighted by molar-refractivity contribution is 0.0944. The van der Waals surface area contributed by atoms with Gasteiger partial charge >= 0.3 is 0 Å². The summed E-state index contributed by atoms with van der Waals surface area (Å²) in [6.45, 7) is 3.51. The number of benzene rings is 1. The highest BCUT2D eigenvalue weighted by Gasteiger charge is 2.15. The Labute approximate surface area is 115 Å². The van der Waals surface area contributed by atoms with Crippen molar-refractivity contribution in [3.63, 3.8) is 0 Å². The highest BCUT2D eigenvalue weighted by molar-refractivity contribution is 7.12. The first-order chi connectivity index (χ1) is 8.99. The smallest absolute Gasteiger partial charge is 0.263 e. The van der Waals surface area contributed by atoms with E-state index in [0.717, 1.165) is 5.56 Å². The number of carbonyl (C=O) groups is 1. The fraction of sp³-hybridized carbons (Fsp3) is 0.214. The van der Waals surface area contributed by atoms with Crippen LogP contribution < -0.4 is 11.1 Å². The largest absolute Gasteiger partial charge is 0.397 e. The number of hydrogen-bond donors (Lipinski definition) is 2. The molecule has 1 heterocycles. The number of nitrogens with two attached hydrogens (primary N) is 1. The maximum absolute atomic E-state index is 13.5. The molecule has 5 heteroatoms. The summed E-state index contributed by atoms with van der Waals surface area (Å²) in [6.07, 6.45) is 0. The topological polar surface area (TPSA) is 55.1 Å². The molecule has 2 rings (SSSR count). The Kier molecular flexibility index (Phi) is 3.85. The molecule has 0 aliphatic carbocycles. The zero-order valence-corrected chi connectivity index (χ0v) is 11.6. The lowest BCUT2D eigenvalue weighted by Crippen LogP contribution is -2.26. The second kappa shape index (κ2) is 5.40. The van der Waals surface area contributed by atoms with Gasteiger partial charge in [0, 0.05) is 0 Å². The van der Waals surface area contributed by atoms with Gasteiger partial charge in [-0.3, -0.25) is 4.79 Å². The van der Waals surface area contributed by atoms with Crippen molar-refractivity contribution in [3.8, 4) is 0 Å². The van der Waals surface area contributed by atoms with Crippen LogP contribution in [0.15, 0.2) is 29.6 Å². The third kappa shape index (κ3) is 2.93. The maximum atomic E-state index is 13.5. The molecule has 0 fully saturated rings. The standard InChI is InChI=1S/C14H15FN2OS/c1-8-3-4-10(7-11(8)15)9(2)17-14(18)13-12(16)5-6-19-13/h3-7,9H,16H2,1-2H3,(H,17,18). The quantitative estimate of drug-likeness (QED) is 0.905. The minimum absolute atomic E-state index is 0.235. The van der Waals surface area contributed by atoms with Crippen molar-refractivity contribution in [2.45, 2.75) is 19.9 Å². The van der Waals surface area contributed by atoms with E-state index < -0.39 is 0 Å². The summed E-state index contributed by atoms with van der Waals surface area (Å²) in [4.78, 5) is 12.5. The number of rotatable bonds is 3. The van der Waals surface area contributed by atoms with Crippen molar-refractivity contribution in [1.29, 1.82) is 0 Å². The van der Waals surface area contributed by atoms with Gasteiger partial charge in [-0.15, -0.1) is 11.3 Å². The molecule has 19 heavy (non-hydrogen) atoms. The molecule has 0 saturated heterocycles. The SMILES string of the molecule is Cc1ccc(C(C)NC(=O)c2sccc2N)cc1F. The minimum atomic E-state index is -0.274. The van der Waals surface area contributed by atoms with Crippen molar-refractivity contribution >= 4 is 22.9 Å². The van der Waals surface area contributed by atoms with Gasteiger partial charge in [0.15, 0.2) is 0 Å². The number of amides is 1. The Morgan fingerprint density at radius 1 is 1.42 bits per heavy atom. The van der Waals surface area contributed by atoms with E-state index in [1.807, 2.05) is 6.92 Å². The molecule has 0 spiro atoms. The predicted molar refractivity (Wildman–Crippen MR) is 75.7 cm³/mol. The molecule has 1 aromatic heterocycles. The van der Waals surface area contributed by atoms with Gasteiger partial charge in [0.05, 0.1) is 11.7 Å². The summed E-state index contributed by atoms with van der Waals surface area (Å²) in [5.41, 5.74) is 7.47. The Morgan fingerprint density at radius 3 is 2.74 bits per heavy atom. The van der Waals surface area contributed by atoms with Gasteiger partial charge in [-0.1, -0.05) is 12.1 Å². The van der Waals surface area contributed by atoms with Crippen LogP contribution in [0, 0.1) is 12.7 Å². The first kappa shape index (κ1) is 13.5. The van der Waals surface area contributed by atoms with E-state index in [0.29, 0.717) is 16.1 Å². The van der Waals surface area contributed by atoms with Crippen molar-refractivity contribution in [2.24, 2.45) is 0 Å². The summed E-state index contributed by atoms with van der Waals surface area (Å²) in [5, 5.41) is 4.58. The van der Waals surface area contributed by atoms with Crippen LogP contribution in [0.4, 0.5) is 10.1 Å². The lowest BCUT2D eigenvalue weighted by Gasteiger charge is -2.14. The fourth-order valence-electron chi connectivity index (χ4n) is 1.73. The van der Waals surface area contributed by atoms with Gasteiger partial charge < -0.3 is 11.1 Å². The highest BCUT2D eigenvalue weighted by Crippen LogP contribution is 2.21. The van der Waals surface area contributed by atoms with Crippen LogP contribution in [0.3, 0.4) is 0 Å². The lowest BCUT2D eigenvalue weighted by atomic mass is 10.1. The number of halogens is 1. The number of nitrogen functional groups attached to an aromatic ring is 1. The number of anilines is 1. The van der Waals surface area contributed by atoms with Gasteiger partial charge in [-0.2, -0.15) is 0 Å². The van der Waals surface area contributed by atoms with Crippen LogP contribution in [0.5, 0.6) is 0 Å². The van der Waals surface area contributed by atoms with Crippen molar-refractivity contribution in [1.82, 2.24) is 5.32 Å². The monoisotopic (exact) mass is 278 g/mol. The van der Waals surface area contributed by atoms with Crippen molar-refractivity contribution < 1.29 is 9.18 Å². The van der Waals surface area contributed by atoms with Crippen molar-refractivity contribution in [2.75, 3.05) is 5.73 Å². The molecular weight excluding hydrogens is 263 g/mol. The van der Waals surface area contributed by atoms with E-state index in [4.69, 9.17) is 5.73 Å². The Bertz CT molecular complexity index is 609. The van der Waals surface area contributed by atoms with Crippen LogP contribution in [-0.2, 0) is 0 Å². The van der Waals surface area contributed by atoms with Crippen LogP contribution >= 0.6 is 11.3 Å². The molecular formula is C14H15FN2OS. The molecule has 1 unspecified atom stereocenters. The van der Waals surface area contributed by atoms with E-state index in [9.17, 15) is 9.18 Å². The molecule has 0 saturated carbocycles. The van der Waals surface area contributed by atoms with Gasteiger partial charge in [0.1, 0.15) is 10.7 Å². The first-order valence-electron chi connectivity index (χ1n) is 5.89. The van der Waals surface area contributed by atoms with Gasteiger partial charge in [0.2, 0.25) is 0 Å². The molecule has 1 aromatic carbocycles. The molecule has 2 aromatic rings. The summed E-state index contributed by atoms with van der Waals surface area (Å²) in [5.74, 6) is -0.504. The Morgan fingerprint density at radius 2 is 2.16 bits per heavy atom. The summed E-state index contributed by atoms with van der Waals surface area (Å²) < 4.78 is 13.5. The van der Waals surface area contributed by atoms with Crippen molar-refractivity contribution in [3.05, 3.63) is 51.5 Å². The molecule has 0 aliphatic heterocycles. The Balaban J connectivity index is 2.13. The first-order valence-corrected chi connectivity index (χ1v) is 6.77. The second-order valence-electron chi connectivity index (χ2n) is 4.41. The number of aryl methyl sites for hydroxylation is 1. The van der Waals surface area contributed by atoms with Crippen LogP contribution in [-0.4, -0.2) is 5.91 Å². The normalized spacial score (nSPS) is 12.2. The number of hydrogen-bond acceptors (Lipinski definition) is 3. The van der Waals surface area contributed by atoms with E-state index in [1.54, 1.807) is 30.5 Å². The number of carbonyl (C=O) groups excluding carboxylic acids is 1. The zero-order chi connectivity index (χ0) is 14.0. The molecule has 1 amide bonds. The molecule has 100 valence electrons. The zero-order valence-electron chi connectivity index (χ0n) is 10.7. The number of thiophene rings is 1. The average Bonchev–Trinajstić information content (AvgIpc) is 2.79. The van der Waals surface area contributed by atoms with Gasteiger partial charge in [-0.05, 0) is 42.5 Å². The molecule has 0 bridgehead atoms. The van der Waals surface area contributed by atoms with Gasteiger partial charge in [-0.25, -0.2) is 4.39 Å². The third-order valence-corrected chi connectivity index (χ3v) is 3.87. The third-order valence-electron chi connectivity index (χ3n) is 2.95. The van der Waals surface area contributed by atoms with Crippen LogP contribution in [0.2, 0.25) is 0 Å². The predicted octanol–water partition coefficient (Wildman–Crippen LogP) is 3.27. The molecule has 0 radical (unpaired) electrons. The van der Waals surface area contributed by atoms with E-state index >= 15 is 0 Å². The van der Waals surface area contributed by atoms with E-state index in [2.05, 4.69) is 5.32 Å². The second-order valence-corrected chi connectivity index (χ2v) is 5.32. The van der Waals surface area contributed by atoms with E-state index in [-0.39, 0.29) is 17.8 Å². The summed E-state index contributed by atoms with van der Waals surface area (Å²) >= 11 is 1.29. The summed E-state index contributed by atoms with van der Waals surface area (Å²) in [6, 6.07) is 6.37. The average molecular weight is 278 g/mol. The summed E-state index contributed by atoms with van der Waals surface area (Å²) in [7, 11) is 0. The molecule has 1 atom stereocenters. The highest BCUT2D eigenvalue weighted by atomic mass is 32.1. The van der Waals surface area contributed by atoms with Crippen LogP contribution in [0.25, 0.3) is 0 Å². The molecule has 3 nitrogen and oxygen atoms in total. The maximum Gasteiger partial charge on any atom is 0.263 e. The Hall–Kier alpha value is -1.88. The fourth-order valence-corrected chi connectivity index (χ4v) is 2.45. The van der Waals surface area contributed by atoms with E-state index in [1.165, 1.54) is 17.4 Å². The van der Waals surface area contributed by atoms with Crippen LogP contribution in [0.1, 0.15) is 33.8 Å². The van der Waals surface area contributed by atoms with Gasteiger partial charge in [0.25, 0.3) is 5.91 Å². The molecule has 3 N–H and O–H groups in total.